The second-order valence-corrected chi connectivity index (χ2v) is 6.13. The van der Waals surface area contributed by atoms with E-state index in [4.69, 9.17) is 4.98 Å². The number of aliphatic hydroxyl groups is 1. The highest BCUT2D eigenvalue weighted by molar-refractivity contribution is 5.94. The Morgan fingerprint density at radius 2 is 1.61 bits per heavy atom. The number of fused-ring (bicyclic) bond motifs is 1. The summed E-state index contributed by atoms with van der Waals surface area (Å²) >= 11 is 0. The Morgan fingerprint density at radius 1 is 0.913 bits per heavy atom. The van der Waals surface area contributed by atoms with E-state index in [1.54, 1.807) is 0 Å². The van der Waals surface area contributed by atoms with Crippen LogP contribution in [0.25, 0.3) is 22.2 Å². The van der Waals surface area contributed by atoms with Gasteiger partial charge in [-0.25, -0.2) is 4.98 Å². The molecule has 3 nitrogen and oxygen atoms in total. The Hall–Kier alpha value is -2.39. The molecule has 2 heterocycles. The highest BCUT2D eigenvalue weighted by Crippen LogP contribution is 2.32. The quantitative estimate of drug-likeness (QED) is 0.781. The molecular weight excluding hydrogens is 284 g/mol. The van der Waals surface area contributed by atoms with Gasteiger partial charge in [0, 0.05) is 29.7 Å². The van der Waals surface area contributed by atoms with Gasteiger partial charge in [-0.1, -0.05) is 48.5 Å². The van der Waals surface area contributed by atoms with Crippen molar-refractivity contribution in [2.75, 3.05) is 18.0 Å². The van der Waals surface area contributed by atoms with Crippen molar-refractivity contribution in [1.29, 1.82) is 0 Å². The van der Waals surface area contributed by atoms with Gasteiger partial charge in [0.1, 0.15) is 0 Å². The standard InChI is InChI=1S/C20H20N2O/c23-16-10-12-22(13-11-16)20-14-19(15-6-2-1-3-7-15)21-18-9-5-4-8-17(18)20/h1-9,14,16,23H,10-13H2. The largest absolute Gasteiger partial charge is 0.393 e. The SMILES string of the molecule is OC1CCN(c2cc(-c3ccccc3)nc3ccccc23)CC1. The van der Waals surface area contributed by atoms with Crippen LogP contribution in [0.1, 0.15) is 12.8 Å². The first-order valence-corrected chi connectivity index (χ1v) is 8.19. The molecule has 23 heavy (non-hydrogen) atoms. The molecule has 1 fully saturated rings. The molecule has 0 radical (unpaired) electrons. The molecule has 4 rings (SSSR count). The van der Waals surface area contributed by atoms with E-state index >= 15 is 0 Å². The average molecular weight is 304 g/mol. The summed E-state index contributed by atoms with van der Waals surface area (Å²) in [6.07, 6.45) is 1.50. The van der Waals surface area contributed by atoms with E-state index in [2.05, 4.69) is 41.3 Å². The van der Waals surface area contributed by atoms with E-state index in [1.165, 1.54) is 11.1 Å². The molecule has 3 heteroatoms. The number of hydrogen-bond acceptors (Lipinski definition) is 3. The second kappa shape index (κ2) is 6.01. The van der Waals surface area contributed by atoms with Gasteiger partial charge >= 0.3 is 0 Å². The molecule has 0 saturated carbocycles. The van der Waals surface area contributed by atoms with Gasteiger partial charge in [0.15, 0.2) is 0 Å². The zero-order valence-electron chi connectivity index (χ0n) is 13.0. The molecule has 0 unspecified atom stereocenters. The van der Waals surface area contributed by atoms with E-state index < -0.39 is 0 Å². The van der Waals surface area contributed by atoms with Crippen LogP contribution in [0.15, 0.2) is 60.7 Å². The van der Waals surface area contributed by atoms with Crippen molar-refractivity contribution in [1.82, 2.24) is 4.98 Å². The van der Waals surface area contributed by atoms with Crippen LogP contribution in [0, 0.1) is 0 Å². The third-order valence-electron chi connectivity index (χ3n) is 4.57. The molecule has 0 bridgehead atoms. The van der Waals surface area contributed by atoms with Crippen LogP contribution < -0.4 is 4.90 Å². The summed E-state index contributed by atoms with van der Waals surface area (Å²) in [5.74, 6) is 0. The van der Waals surface area contributed by atoms with Gasteiger partial charge in [-0.2, -0.15) is 0 Å². The number of anilines is 1. The van der Waals surface area contributed by atoms with E-state index in [9.17, 15) is 5.11 Å². The molecule has 1 aromatic heterocycles. The van der Waals surface area contributed by atoms with Crippen LogP contribution in [0.2, 0.25) is 0 Å². The number of aliphatic hydroxyl groups excluding tert-OH is 1. The van der Waals surface area contributed by atoms with Crippen molar-refractivity contribution in [3.8, 4) is 11.3 Å². The maximum absolute atomic E-state index is 9.78. The van der Waals surface area contributed by atoms with Crippen LogP contribution in [0.4, 0.5) is 5.69 Å². The fourth-order valence-corrected chi connectivity index (χ4v) is 3.28. The van der Waals surface area contributed by atoms with Crippen LogP contribution in [0.5, 0.6) is 0 Å². The summed E-state index contributed by atoms with van der Waals surface area (Å²) in [7, 11) is 0. The summed E-state index contributed by atoms with van der Waals surface area (Å²) in [6, 6.07) is 20.8. The smallest absolute Gasteiger partial charge is 0.0730 e. The fourth-order valence-electron chi connectivity index (χ4n) is 3.28. The van der Waals surface area contributed by atoms with Gasteiger partial charge in [0.05, 0.1) is 17.3 Å². The van der Waals surface area contributed by atoms with Gasteiger partial charge in [-0.15, -0.1) is 0 Å². The number of para-hydroxylation sites is 1. The van der Waals surface area contributed by atoms with Crippen LogP contribution in [-0.2, 0) is 0 Å². The Kier molecular flexibility index (Phi) is 3.72. The lowest BCUT2D eigenvalue weighted by Gasteiger charge is -2.32. The van der Waals surface area contributed by atoms with Crippen molar-refractivity contribution in [2.24, 2.45) is 0 Å². The van der Waals surface area contributed by atoms with Crippen molar-refractivity contribution >= 4 is 16.6 Å². The molecule has 116 valence electrons. The van der Waals surface area contributed by atoms with Gasteiger partial charge in [-0.05, 0) is 25.0 Å². The summed E-state index contributed by atoms with van der Waals surface area (Å²) in [5.41, 5.74) is 4.39. The number of hydrogen-bond donors (Lipinski definition) is 1. The van der Waals surface area contributed by atoms with Gasteiger partial charge in [0.2, 0.25) is 0 Å². The monoisotopic (exact) mass is 304 g/mol. The molecule has 0 aliphatic carbocycles. The van der Waals surface area contributed by atoms with Gasteiger partial charge < -0.3 is 10.0 Å². The van der Waals surface area contributed by atoms with E-state index in [-0.39, 0.29) is 6.10 Å². The minimum atomic E-state index is -0.159. The van der Waals surface area contributed by atoms with Crippen molar-refractivity contribution < 1.29 is 5.11 Å². The van der Waals surface area contributed by atoms with Crippen LogP contribution in [0.3, 0.4) is 0 Å². The Morgan fingerprint density at radius 3 is 2.39 bits per heavy atom. The molecule has 2 aromatic carbocycles. The number of rotatable bonds is 2. The second-order valence-electron chi connectivity index (χ2n) is 6.13. The molecular formula is C20H20N2O. The molecule has 0 spiro atoms. The van der Waals surface area contributed by atoms with Crippen molar-refractivity contribution in [3.05, 3.63) is 60.7 Å². The number of nitrogens with zero attached hydrogens (tertiary/aromatic N) is 2. The topological polar surface area (TPSA) is 36.4 Å². The van der Waals surface area contributed by atoms with E-state index in [0.717, 1.165) is 42.7 Å². The first kappa shape index (κ1) is 14.2. The minimum Gasteiger partial charge on any atom is -0.393 e. The number of pyridine rings is 1. The predicted octanol–water partition coefficient (Wildman–Crippen LogP) is 3.86. The Bertz CT molecular complexity index is 808. The number of piperidine rings is 1. The highest BCUT2D eigenvalue weighted by atomic mass is 16.3. The molecule has 0 atom stereocenters. The maximum atomic E-state index is 9.78. The summed E-state index contributed by atoms with van der Waals surface area (Å²) in [6.45, 7) is 1.78. The molecule has 1 N–H and O–H groups in total. The van der Waals surface area contributed by atoms with E-state index in [1.807, 2.05) is 24.3 Å². The molecule has 1 aliphatic rings. The Balaban J connectivity index is 1.84. The van der Waals surface area contributed by atoms with Gasteiger partial charge in [-0.3, -0.25) is 0 Å². The zero-order valence-corrected chi connectivity index (χ0v) is 13.0. The summed E-state index contributed by atoms with van der Waals surface area (Å²) < 4.78 is 0. The lowest BCUT2D eigenvalue weighted by molar-refractivity contribution is 0.145. The predicted molar refractivity (Wildman–Crippen MR) is 94.6 cm³/mol. The first-order chi connectivity index (χ1) is 11.3. The van der Waals surface area contributed by atoms with Crippen LogP contribution in [-0.4, -0.2) is 29.3 Å². The fraction of sp³-hybridized carbons (Fsp3) is 0.250. The summed E-state index contributed by atoms with van der Waals surface area (Å²) in [4.78, 5) is 7.22. The lowest BCUT2D eigenvalue weighted by atomic mass is 10.0. The summed E-state index contributed by atoms with van der Waals surface area (Å²) in [5, 5.41) is 11.0. The lowest BCUT2D eigenvalue weighted by Crippen LogP contribution is -2.35. The third-order valence-corrected chi connectivity index (χ3v) is 4.57. The highest BCUT2D eigenvalue weighted by Gasteiger charge is 2.20. The van der Waals surface area contributed by atoms with Crippen LogP contribution >= 0.6 is 0 Å². The van der Waals surface area contributed by atoms with Crippen molar-refractivity contribution in [2.45, 2.75) is 18.9 Å². The Labute approximate surface area is 136 Å². The molecule has 1 aliphatic heterocycles. The molecule has 3 aromatic rings. The first-order valence-electron chi connectivity index (χ1n) is 8.19. The molecule has 1 saturated heterocycles. The number of benzene rings is 2. The number of aromatic nitrogens is 1. The minimum absolute atomic E-state index is 0.159. The maximum Gasteiger partial charge on any atom is 0.0730 e. The third kappa shape index (κ3) is 2.80. The normalized spacial score (nSPS) is 16.0. The van der Waals surface area contributed by atoms with E-state index in [0.29, 0.717) is 0 Å². The van der Waals surface area contributed by atoms with Gasteiger partial charge in [0.25, 0.3) is 0 Å². The zero-order chi connectivity index (χ0) is 15.6. The average Bonchev–Trinajstić information content (AvgIpc) is 2.62. The van der Waals surface area contributed by atoms with Crippen molar-refractivity contribution in [3.63, 3.8) is 0 Å². The molecule has 0 amide bonds.